The molecule has 0 amide bonds. The first-order valence-corrected chi connectivity index (χ1v) is 11.1. The molecule has 1 aromatic rings. The van der Waals surface area contributed by atoms with Gasteiger partial charge in [-0.05, 0) is 43.6 Å². The minimum atomic E-state index is -0.258. The third-order valence-corrected chi connectivity index (χ3v) is 6.91. The average Bonchev–Trinajstić information content (AvgIpc) is 2.74. The number of amidine groups is 1. The summed E-state index contributed by atoms with van der Waals surface area (Å²) in [5.41, 5.74) is 0.490. The molecule has 1 aromatic carbocycles. The zero-order chi connectivity index (χ0) is 20.0. The van der Waals surface area contributed by atoms with E-state index in [1.54, 1.807) is 13.2 Å². The highest BCUT2D eigenvalue weighted by Crippen LogP contribution is 2.37. The first kappa shape index (κ1) is 21.1. The molecule has 0 aromatic heterocycles. The van der Waals surface area contributed by atoms with E-state index in [4.69, 9.17) is 10.00 Å². The van der Waals surface area contributed by atoms with Crippen molar-refractivity contribution in [2.75, 3.05) is 39.5 Å². The van der Waals surface area contributed by atoms with Crippen molar-refractivity contribution in [2.45, 2.75) is 43.7 Å². The van der Waals surface area contributed by atoms with Gasteiger partial charge < -0.3 is 9.64 Å². The van der Waals surface area contributed by atoms with E-state index in [9.17, 15) is 4.39 Å². The van der Waals surface area contributed by atoms with Crippen LogP contribution < -0.4 is 0 Å². The highest BCUT2D eigenvalue weighted by Gasteiger charge is 2.38. The Bertz CT molecular complexity index is 719. The van der Waals surface area contributed by atoms with Gasteiger partial charge in [-0.3, -0.25) is 4.90 Å². The van der Waals surface area contributed by atoms with Gasteiger partial charge in [0.05, 0.1) is 5.60 Å². The van der Waals surface area contributed by atoms with Crippen molar-refractivity contribution in [2.24, 2.45) is 4.99 Å². The van der Waals surface area contributed by atoms with E-state index in [2.05, 4.69) is 14.8 Å². The van der Waals surface area contributed by atoms with Crippen LogP contribution in [-0.4, -0.2) is 66.2 Å². The second-order valence-electron chi connectivity index (χ2n) is 7.61. The van der Waals surface area contributed by atoms with Crippen LogP contribution in [0.4, 0.5) is 4.39 Å². The van der Waals surface area contributed by atoms with Crippen molar-refractivity contribution in [3.05, 3.63) is 35.6 Å². The Morgan fingerprint density at radius 3 is 2.54 bits per heavy atom. The molecule has 0 unspecified atom stereocenters. The molecule has 0 radical (unpaired) electrons. The molecule has 2 fully saturated rings. The number of ether oxygens (including phenoxy) is 1. The molecule has 1 aliphatic carbocycles. The summed E-state index contributed by atoms with van der Waals surface area (Å²) in [5.74, 6) is -0.138. The number of aliphatic imine (C=N–C) groups is 1. The highest BCUT2D eigenvalue weighted by molar-refractivity contribution is 8.13. The number of hydrogen-bond acceptors (Lipinski definition) is 5. The Morgan fingerprint density at radius 1 is 1.29 bits per heavy atom. The monoisotopic (exact) mass is 404 g/mol. The van der Waals surface area contributed by atoms with Gasteiger partial charge in [0, 0.05) is 45.8 Å². The fourth-order valence-electron chi connectivity index (χ4n) is 4.50. The van der Waals surface area contributed by atoms with Crippen LogP contribution in [0.3, 0.4) is 0 Å². The lowest BCUT2D eigenvalue weighted by Gasteiger charge is -2.45. The third kappa shape index (κ3) is 4.86. The average molecular weight is 405 g/mol. The van der Waals surface area contributed by atoms with Crippen LogP contribution in [0.2, 0.25) is 0 Å². The number of benzene rings is 1. The summed E-state index contributed by atoms with van der Waals surface area (Å²) in [6, 6.07) is 7.58. The Morgan fingerprint density at radius 2 is 1.96 bits per heavy atom. The minimum absolute atomic E-state index is 0.138. The van der Waals surface area contributed by atoms with Crippen LogP contribution in [-0.2, 0) is 11.2 Å². The number of hydrogen-bond donors (Lipinski definition) is 0. The van der Waals surface area contributed by atoms with Crippen molar-refractivity contribution in [1.82, 2.24) is 9.80 Å². The smallest absolute Gasteiger partial charge is 0.208 e. The summed E-state index contributed by atoms with van der Waals surface area (Å²) in [6.07, 6.45) is 8.55. The van der Waals surface area contributed by atoms with Gasteiger partial charge in [-0.25, -0.2) is 4.39 Å². The lowest BCUT2D eigenvalue weighted by Crippen LogP contribution is -2.53. The maximum Gasteiger partial charge on any atom is 0.208 e. The molecule has 3 rings (SSSR count). The molecule has 2 aliphatic rings. The van der Waals surface area contributed by atoms with E-state index in [-0.39, 0.29) is 11.4 Å². The van der Waals surface area contributed by atoms with Crippen LogP contribution >= 0.6 is 11.8 Å². The van der Waals surface area contributed by atoms with Crippen molar-refractivity contribution >= 4 is 16.9 Å². The number of methoxy groups -OCH3 is 1. The molecular weight excluding hydrogens is 375 g/mol. The summed E-state index contributed by atoms with van der Waals surface area (Å²) >= 11 is 1.53. The number of nitriles is 1. The van der Waals surface area contributed by atoms with Gasteiger partial charge in [-0.15, -0.1) is 4.99 Å². The van der Waals surface area contributed by atoms with Crippen molar-refractivity contribution < 1.29 is 9.13 Å². The van der Waals surface area contributed by atoms with Crippen LogP contribution in [0.15, 0.2) is 29.3 Å². The van der Waals surface area contributed by atoms with Crippen LogP contribution in [0.1, 0.15) is 31.2 Å². The van der Waals surface area contributed by atoms with Gasteiger partial charge >= 0.3 is 0 Å². The van der Waals surface area contributed by atoms with Crippen LogP contribution in [0.25, 0.3) is 0 Å². The van der Waals surface area contributed by atoms with E-state index >= 15 is 0 Å². The zero-order valence-electron chi connectivity index (χ0n) is 16.7. The van der Waals surface area contributed by atoms with E-state index < -0.39 is 0 Å². The lowest BCUT2D eigenvalue weighted by molar-refractivity contribution is -0.0579. The first-order valence-electron chi connectivity index (χ1n) is 9.89. The molecule has 5 nitrogen and oxygen atoms in total. The molecule has 0 bridgehead atoms. The number of rotatable bonds is 4. The van der Waals surface area contributed by atoms with Gasteiger partial charge in [0.15, 0.2) is 5.17 Å². The van der Waals surface area contributed by atoms with E-state index in [0.29, 0.717) is 12.5 Å². The maximum atomic E-state index is 14.1. The molecule has 1 saturated heterocycles. The highest BCUT2D eigenvalue weighted by atomic mass is 32.2. The van der Waals surface area contributed by atoms with Crippen molar-refractivity contribution in [1.29, 1.82) is 5.26 Å². The topological polar surface area (TPSA) is 51.9 Å². The van der Waals surface area contributed by atoms with Crippen LogP contribution in [0, 0.1) is 17.3 Å². The molecule has 152 valence electrons. The fraction of sp³-hybridized carbons (Fsp3) is 0.619. The normalized spacial score (nSPS) is 26.9. The molecule has 1 aliphatic heterocycles. The summed E-state index contributed by atoms with van der Waals surface area (Å²) in [4.78, 5) is 8.68. The number of nitrogens with zero attached hydrogens (tertiary/aromatic N) is 4. The molecule has 1 heterocycles. The zero-order valence-corrected chi connectivity index (χ0v) is 17.6. The second kappa shape index (κ2) is 9.73. The Hall–Kier alpha value is -1.62. The van der Waals surface area contributed by atoms with Gasteiger partial charge in [0.25, 0.3) is 0 Å². The summed E-state index contributed by atoms with van der Waals surface area (Å²) in [6.45, 7) is 3.79. The SMILES string of the molecule is COC1(Cc2ccccc2F)CCC(N2CCN(C(=NC#N)SC)CC2)CC1. The van der Waals surface area contributed by atoms with Gasteiger partial charge in [-0.2, -0.15) is 5.26 Å². The molecule has 7 heteroatoms. The Balaban J connectivity index is 1.54. The Kier molecular flexibility index (Phi) is 7.33. The number of halogens is 1. The molecule has 0 atom stereocenters. The largest absolute Gasteiger partial charge is 0.378 e. The summed E-state index contributed by atoms with van der Waals surface area (Å²) < 4.78 is 20.0. The standard InChI is InChI=1S/C21H29FN4OS/c1-27-21(15-17-5-3-4-6-19(17)22)9-7-18(8-10-21)25-11-13-26(14-12-25)20(28-2)24-16-23/h3-6,18H,7-15H2,1-2H3. The molecule has 0 spiro atoms. The number of piperazine rings is 1. The quantitative estimate of drug-likeness (QED) is 0.437. The maximum absolute atomic E-state index is 14.1. The Labute approximate surface area is 171 Å². The first-order chi connectivity index (χ1) is 13.6. The van der Waals surface area contributed by atoms with Crippen molar-refractivity contribution in [3.8, 4) is 6.19 Å². The second-order valence-corrected chi connectivity index (χ2v) is 8.38. The lowest BCUT2D eigenvalue weighted by atomic mass is 9.77. The van der Waals surface area contributed by atoms with E-state index in [1.165, 1.54) is 17.8 Å². The van der Waals surface area contributed by atoms with Gasteiger partial charge in [-0.1, -0.05) is 30.0 Å². The van der Waals surface area contributed by atoms with Gasteiger partial charge in [0.1, 0.15) is 5.82 Å². The van der Waals surface area contributed by atoms with Gasteiger partial charge in [0.2, 0.25) is 6.19 Å². The predicted octanol–water partition coefficient (Wildman–Crippen LogP) is 3.51. The fourth-order valence-corrected chi connectivity index (χ4v) is 5.08. The minimum Gasteiger partial charge on any atom is -0.378 e. The third-order valence-electron chi connectivity index (χ3n) is 6.20. The van der Waals surface area contributed by atoms with E-state index in [1.807, 2.05) is 24.6 Å². The van der Waals surface area contributed by atoms with Crippen LogP contribution in [0.5, 0.6) is 0 Å². The molecular formula is C21H29FN4OS. The van der Waals surface area contributed by atoms with E-state index in [0.717, 1.165) is 62.6 Å². The summed E-state index contributed by atoms with van der Waals surface area (Å²) in [5, 5.41) is 9.64. The summed E-state index contributed by atoms with van der Waals surface area (Å²) in [7, 11) is 1.76. The molecule has 28 heavy (non-hydrogen) atoms. The van der Waals surface area contributed by atoms with Crippen molar-refractivity contribution in [3.63, 3.8) is 0 Å². The number of thioether (sulfide) groups is 1. The predicted molar refractivity (Wildman–Crippen MR) is 112 cm³/mol. The molecule has 0 N–H and O–H groups in total. The molecule has 1 saturated carbocycles.